The molecule has 2 atom stereocenters. The molecule has 0 spiro atoms. The monoisotopic (exact) mass is 238 g/mol. The van der Waals surface area contributed by atoms with Gasteiger partial charge in [0.2, 0.25) is 5.91 Å². The standard InChI is InChI=1S/C12H22N4O/c1-5-8(2)11(13)12(17)14-6-10-7-16(4)15-9(10)3/h7-8,11H,5-6,13H2,1-4H3,(H,14,17)/t8?,11-/m0/s1. The number of hydrogen-bond acceptors (Lipinski definition) is 3. The highest BCUT2D eigenvalue weighted by molar-refractivity contribution is 5.81. The number of nitrogens with one attached hydrogen (secondary N) is 1. The van der Waals surface area contributed by atoms with Crippen LogP contribution in [0.4, 0.5) is 0 Å². The molecule has 1 heterocycles. The molecule has 1 aromatic rings. The van der Waals surface area contributed by atoms with Crippen LogP contribution in [0.25, 0.3) is 0 Å². The molecule has 5 heteroatoms. The lowest BCUT2D eigenvalue weighted by molar-refractivity contribution is -0.123. The number of carbonyl (C=O) groups is 1. The van der Waals surface area contributed by atoms with Crippen LogP contribution in [0.1, 0.15) is 31.5 Å². The van der Waals surface area contributed by atoms with Gasteiger partial charge in [0.15, 0.2) is 0 Å². The molecular weight excluding hydrogens is 216 g/mol. The Morgan fingerprint density at radius 2 is 2.29 bits per heavy atom. The van der Waals surface area contributed by atoms with Crippen LogP contribution in [0.15, 0.2) is 6.20 Å². The SMILES string of the molecule is CCC(C)[C@H](N)C(=O)NCc1cn(C)nc1C. The Balaban J connectivity index is 2.51. The van der Waals surface area contributed by atoms with Crippen molar-refractivity contribution in [3.05, 3.63) is 17.5 Å². The van der Waals surface area contributed by atoms with Crippen molar-refractivity contribution < 1.29 is 4.79 Å². The zero-order valence-corrected chi connectivity index (χ0v) is 11.0. The maximum absolute atomic E-state index is 11.8. The van der Waals surface area contributed by atoms with Gasteiger partial charge in [-0.1, -0.05) is 20.3 Å². The van der Waals surface area contributed by atoms with Gasteiger partial charge in [0.05, 0.1) is 11.7 Å². The van der Waals surface area contributed by atoms with E-state index < -0.39 is 6.04 Å². The molecule has 0 saturated heterocycles. The largest absolute Gasteiger partial charge is 0.351 e. The van der Waals surface area contributed by atoms with Crippen LogP contribution in [-0.4, -0.2) is 21.7 Å². The van der Waals surface area contributed by atoms with E-state index in [2.05, 4.69) is 10.4 Å². The molecule has 0 aromatic carbocycles. The highest BCUT2D eigenvalue weighted by atomic mass is 16.2. The Hall–Kier alpha value is -1.36. The van der Waals surface area contributed by atoms with Crippen molar-refractivity contribution in [2.45, 2.75) is 39.8 Å². The molecule has 0 aliphatic carbocycles. The van der Waals surface area contributed by atoms with Gasteiger partial charge < -0.3 is 11.1 Å². The fourth-order valence-corrected chi connectivity index (χ4v) is 1.63. The van der Waals surface area contributed by atoms with Gasteiger partial charge in [-0.15, -0.1) is 0 Å². The summed E-state index contributed by atoms with van der Waals surface area (Å²) in [5, 5.41) is 7.07. The molecule has 3 N–H and O–H groups in total. The maximum atomic E-state index is 11.8. The van der Waals surface area contributed by atoms with E-state index in [1.54, 1.807) is 4.68 Å². The van der Waals surface area contributed by atoms with Crippen LogP contribution >= 0.6 is 0 Å². The minimum Gasteiger partial charge on any atom is -0.351 e. The number of rotatable bonds is 5. The highest BCUT2D eigenvalue weighted by Crippen LogP contribution is 2.07. The summed E-state index contributed by atoms with van der Waals surface area (Å²) in [7, 11) is 1.86. The first kappa shape index (κ1) is 13.7. The zero-order chi connectivity index (χ0) is 13.0. The predicted molar refractivity (Wildman–Crippen MR) is 67.2 cm³/mol. The average molecular weight is 238 g/mol. The molecule has 1 aromatic heterocycles. The average Bonchev–Trinajstić information content (AvgIpc) is 2.62. The van der Waals surface area contributed by atoms with E-state index in [9.17, 15) is 4.79 Å². The lowest BCUT2D eigenvalue weighted by Gasteiger charge is -2.17. The molecular formula is C12H22N4O. The lowest BCUT2D eigenvalue weighted by Crippen LogP contribution is -2.44. The van der Waals surface area contributed by atoms with Crippen molar-refractivity contribution in [2.24, 2.45) is 18.7 Å². The fraction of sp³-hybridized carbons (Fsp3) is 0.667. The molecule has 0 radical (unpaired) electrons. The van der Waals surface area contributed by atoms with E-state index in [0.29, 0.717) is 6.54 Å². The highest BCUT2D eigenvalue weighted by Gasteiger charge is 2.19. The molecule has 0 saturated carbocycles. The van der Waals surface area contributed by atoms with Crippen LogP contribution in [0.5, 0.6) is 0 Å². The zero-order valence-electron chi connectivity index (χ0n) is 11.0. The number of nitrogens with two attached hydrogens (primary N) is 1. The van der Waals surface area contributed by atoms with E-state index >= 15 is 0 Å². The minimum atomic E-state index is -0.433. The Labute approximate surface area is 102 Å². The Bertz CT molecular complexity index is 386. The molecule has 1 rings (SSSR count). The van der Waals surface area contributed by atoms with Gasteiger partial charge in [-0.25, -0.2) is 0 Å². The molecule has 0 bridgehead atoms. The summed E-state index contributed by atoms with van der Waals surface area (Å²) in [6.45, 7) is 6.43. The summed E-state index contributed by atoms with van der Waals surface area (Å²) in [4.78, 5) is 11.8. The van der Waals surface area contributed by atoms with Crippen molar-refractivity contribution in [1.29, 1.82) is 0 Å². The van der Waals surface area contributed by atoms with E-state index in [-0.39, 0.29) is 11.8 Å². The van der Waals surface area contributed by atoms with Crippen molar-refractivity contribution in [2.75, 3.05) is 0 Å². The van der Waals surface area contributed by atoms with Gasteiger partial charge in [0.1, 0.15) is 0 Å². The molecule has 1 unspecified atom stereocenters. The van der Waals surface area contributed by atoms with Crippen LogP contribution in [-0.2, 0) is 18.4 Å². The number of hydrogen-bond donors (Lipinski definition) is 2. The third-order valence-corrected chi connectivity index (χ3v) is 3.13. The topological polar surface area (TPSA) is 72.9 Å². The number of aromatic nitrogens is 2. The minimum absolute atomic E-state index is 0.0948. The van der Waals surface area contributed by atoms with Crippen molar-refractivity contribution >= 4 is 5.91 Å². The van der Waals surface area contributed by atoms with E-state index in [0.717, 1.165) is 17.7 Å². The first-order chi connectivity index (χ1) is 7.95. The van der Waals surface area contributed by atoms with Crippen molar-refractivity contribution in [1.82, 2.24) is 15.1 Å². The summed E-state index contributed by atoms with van der Waals surface area (Å²) in [5.41, 5.74) is 7.81. The Morgan fingerprint density at radius 3 is 2.76 bits per heavy atom. The smallest absolute Gasteiger partial charge is 0.237 e. The van der Waals surface area contributed by atoms with E-state index in [1.165, 1.54) is 0 Å². The van der Waals surface area contributed by atoms with E-state index in [1.807, 2.05) is 34.0 Å². The number of carbonyl (C=O) groups excluding carboxylic acids is 1. The summed E-state index contributed by atoms with van der Waals surface area (Å²) in [6.07, 6.45) is 2.81. The second-order valence-corrected chi connectivity index (χ2v) is 4.54. The van der Waals surface area contributed by atoms with Crippen LogP contribution in [0.3, 0.4) is 0 Å². The maximum Gasteiger partial charge on any atom is 0.237 e. The lowest BCUT2D eigenvalue weighted by atomic mass is 9.99. The summed E-state index contributed by atoms with van der Waals surface area (Å²) >= 11 is 0. The normalized spacial score (nSPS) is 14.4. The Morgan fingerprint density at radius 1 is 1.65 bits per heavy atom. The summed E-state index contributed by atoms with van der Waals surface area (Å²) < 4.78 is 1.74. The second-order valence-electron chi connectivity index (χ2n) is 4.54. The number of nitrogens with zero attached hydrogens (tertiary/aromatic N) is 2. The molecule has 0 aliphatic rings. The summed E-state index contributed by atoms with van der Waals surface area (Å²) in [6, 6.07) is -0.433. The number of amides is 1. The predicted octanol–water partition coefficient (Wildman–Crippen LogP) is 0.718. The third-order valence-electron chi connectivity index (χ3n) is 3.13. The molecule has 96 valence electrons. The van der Waals surface area contributed by atoms with Crippen molar-refractivity contribution in [3.8, 4) is 0 Å². The first-order valence-electron chi connectivity index (χ1n) is 5.98. The van der Waals surface area contributed by atoms with Gasteiger partial charge >= 0.3 is 0 Å². The molecule has 0 fully saturated rings. The van der Waals surface area contributed by atoms with E-state index in [4.69, 9.17) is 5.73 Å². The third kappa shape index (κ3) is 3.56. The molecule has 5 nitrogen and oxygen atoms in total. The van der Waals surface area contributed by atoms with Gasteiger partial charge in [0.25, 0.3) is 0 Å². The quantitative estimate of drug-likeness (QED) is 0.794. The first-order valence-corrected chi connectivity index (χ1v) is 5.98. The van der Waals surface area contributed by atoms with Crippen LogP contribution in [0.2, 0.25) is 0 Å². The van der Waals surface area contributed by atoms with Gasteiger partial charge in [0, 0.05) is 25.4 Å². The molecule has 0 aliphatic heterocycles. The van der Waals surface area contributed by atoms with Crippen LogP contribution in [0, 0.1) is 12.8 Å². The van der Waals surface area contributed by atoms with Gasteiger partial charge in [-0.2, -0.15) is 5.10 Å². The van der Waals surface area contributed by atoms with Gasteiger partial charge in [-0.05, 0) is 12.8 Å². The van der Waals surface area contributed by atoms with Crippen molar-refractivity contribution in [3.63, 3.8) is 0 Å². The summed E-state index contributed by atoms with van der Waals surface area (Å²) in [5.74, 6) is 0.104. The van der Waals surface area contributed by atoms with Gasteiger partial charge in [-0.3, -0.25) is 9.48 Å². The molecule has 1 amide bonds. The number of aryl methyl sites for hydroxylation is 2. The van der Waals surface area contributed by atoms with Crippen LogP contribution < -0.4 is 11.1 Å². The fourth-order valence-electron chi connectivity index (χ4n) is 1.63. The Kier molecular flexibility index (Phi) is 4.69. The molecule has 17 heavy (non-hydrogen) atoms. The second kappa shape index (κ2) is 5.82.